The van der Waals surface area contributed by atoms with E-state index in [1.807, 2.05) is 24.3 Å². The van der Waals surface area contributed by atoms with Crippen LogP contribution >= 0.6 is 11.3 Å². The number of ether oxygens (including phenoxy) is 1. The van der Waals surface area contributed by atoms with Gasteiger partial charge in [-0.1, -0.05) is 12.1 Å². The molecule has 0 aliphatic rings. The maximum Gasteiger partial charge on any atom is 0.306 e. The summed E-state index contributed by atoms with van der Waals surface area (Å²) in [6.07, 6.45) is 0.426. The van der Waals surface area contributed by atoms with Crippen molar-refractivity contribution in [1.29, 1.82) is 0 Å². The number of aromatic nitrogens is 1. The van der Waals surface area contributed by atoms with Gasteiger partial charge >= 0.3 is 5.97 Å². The summed E-state index contributed by atoms with van der Waals surface area (Å²) in [5.41, 5.74) is 6.42. The summed E-state index contributed by atoms with van der Waals surface area (Å²) in [5.74, 6) is -2.10. The lowest BCUT2D eigenvalue weighted by Crippen LogP contribution is -2.37. The van der Waals surface area contributed by atoms with E-state index >= 15 is 0 Å². The Balaban J connectivity index is 1.54. The molecule has 0 fully saturated rings. The number of hydrogen-bond donors (Lipinski definition) is 1. The number of anilines is 1. The van der Waals surface area contributed by atoms with E-state index in [9.17, 15) is 18.8 Å². The Morgan fingerprint density at radius 3 is 2.50 bits per heavy atom. The Morgan fingerprint density at radius 1 is 1.07 bits per heavy atom. The molecule has 0 bridgehead atoms. The molecule has 30 heavy (non-hydrogen) atoms. The molecule has 0 aliphatic carbocycles. The van der Waals surface area contributed by atoms with Gasteiger partial charge in [-0.15, -0.1) is 11.3 Å². The summed E-state index contributed by atoms with van der Waals surface area (Å²) >= 11 is 1.51. The number of carbonyl (C=O) groups is 3. The molecule has 0 saturated heterocycles. The molecule has 1 aromatic heterocycles. The average molecular weight is 429 g/mol. The number of amides is 2. The number of rotatable bonds is 9. The highest BCUT2D eigenvalue weighted by molar-refractivity contribution is 7.18. The molecule has 2 aromatic carbocycles. The Kier molecular flexibility index (Phi) is 7.08. The Morgan fingerprint density at radius 2 is 1.80 bits per heavy atom. The van der Waals surface area contributed by atoms with Gasteiger partial charge in [0.1, 0.15) is 5.82 Å². The number of fused-ring (bicyclic) bond motifs is 1. The quantitative estimate of drug-likeness (QED) is 0.527. The first-order valence-electron chi connectivity index (χ1n) is 9.26. The van der Waals surface area contributed by atoms with Crippen LogP contribution in [0.15, 0.2) is 48.5 Å². The van der Waals surface area contributed by atoms with Gasteiger partial charge in [0.2, 0.25) is 5.91 Å². The summed E-state index contributed by atoms with van der Waals surface area (Å²) in [5, 5.41) is 0.814. The lowest BCUT2D eigenvalue weighted by molar-refractivity contribution is -0.147. The van der Waals surface area contributed by atoms with Crippen LogP contribution in [0.3, 0.4) is 0 Å². The second-order valence-electron chi connectivity index (χ2n) is 6.47. The Bertz CT molecular complexity index is 1020. The van der Waals surface area contributed by atoms with Crippen molar-refractivity contribution in [1.82, 2.24) is 4.98 Å². The first-order chi connectivity index (χ1) is 14.4. The third kappa shape index (κ3) is 5.84. The van der Waals surface area contributed by atoms with Gasteiger partial charge in [-0.3, -0.25) is 14.4 Å². The molecule has 0 unspecified atom stereocenters. The van der Waals surface area contributed by atoms with Gasteiger partial charge in [-0.05, 0) is 36.4 Å². The van der Waals surface area contributed by atoms with Crippen LogP contribution in [0.4, 0.5) is 10.1 Å². The molecular formula is C21H20FN3O4S. The predicted molar refractivity (Wildman–Crippen MR) is 111 cm³/mol. The smallest absolute Gasteiger partial charge is 0.306 e. The fraction of sp³-hybridized carbons (Fsp3) is 0.238. The van der Waals surface area contributed by atoms with Crippen molar-refractivity contribution in [3.05, 3.63) is 59.4 Å². The van der Waals surface area contributed by atoms with Gasteiger partial charge in [0.25, 0.3) is 5.91 Å². The van der Waals surface area contributed by atoms with Gasteiger partial charge < -0.3 is 15.4 Å². The summed E-state index contributed by atoms with van der Waals surface area (Å²) < 4.78 is 19.3. The monoisotopic (exact) mass is 429 g/mol. The van der Waals surface area contributed by atoms with E-state index in [1.165, 1.54) is 40.5 Å². The molecule has 2 N–H and O–H groups in total. The Hall–Kier alpha value is -3.33. The number of nitrogens with two attached hydrogens (primary N) is 1. The lowest BCUT2D eigenvalue weighted by Gasteiger charge is -2.22. The number of carbonyl (C=O) groups excluding carboxylic acids is 3. The molecule has 7 nitrogen and oxygen atoms in total. The van der Waals surface area contributed by atoms with Gasteiger partial charge in [0, 0.05) is 25.1 Å². The lowest BCUT2D eigenvalue weighted by atomic mass is 10.2. The second-order valence-corrected chi connectivity index (χ2v) is 7.59. The molecule has 156 valence electrons. The van der Waals surface area contributed by atoms with E-state index < -0.39 is 30.2 Å². The SMILES string of the molecule is NC(=O)CCN(C(=O)COC(=O)CCc1nc2ccccc2s1)c1ccc(F)cc1. The van der Waals surface area contributed by atoms with Crippen LogP contribution in [-0.4, -0.2) is 35.9 Å². The second kappa shape index (κ2) is 9.93. The molecule has 2 amide bonds. The summed E-state index contributed by atoms with van der Waals surface area (Å²) in [6, 6.07) is 12.9. The number of hydrogen-bond acceptors (Lipinski definition) is 6. The van der Waals surface area contributed by atoms with Gasteiger partial charge in [0.05, 0.1) is 21.6 Å². The summed E-state index contributed by atoms with van der Waals surface area (Å²) in [7, 11) is 0. The van der Waals surface area contributed by atoms with E-state index in [0.717, 1.165) is 15.2 Å². The van der Waals surface area contributed by atoms with E-state index in [4.69, 9.17) is 10.5 Å². The van der Waals surface area contributed by atoms with Crippen molar-refractivity contribution in [2.75, 3.05) is 18.1 Å². The number of para-hydroxylation sites is 1. The van der Waals surface area contributed by atoms with Crippen molar-refractivity contribution in [3.8, 4) is 0 Å². The van der Waals surface area contributed by atoms with Crippen molar-refractivity contribution in [2.45, 2.75) is 19.3 Å². The maximum absolute atomic E-state index is 13.2. The van der Waals surface area contributed by atoms with Gasteiger partial charge in [0.15, 0.2) is 6.61 Å². The number of thiazole rings is 1. The van der Waals surface area contributed by atoms with Crippen LogP contribution < -0.4 is 10.6 Å². The minimum absolute atomic E-state index is 0.00303. The number of benzene rings is 2. The maximum atomic E-state index is 13.2. The molecule has 9 heteroatoms. The van der Waals surface area contributed by atoms with Gasteiger partial charge in [-0.25, -0.2) is 9.37 Å². The van der Waals surface area contributed by atoms with Crippen LogP contribution in [-0.2, 0) is 25.5 Å². The normalized spacial score (nSPS) is 10.7. The molecule has 0 atom stereocenters. The zero-order valence-electron chi connectivity index (χ0n) is 16.0. The number of nitrogens with zero attached hydrogens (tertiary/aromatic N) is 2. The fourth-order valence-corrected chi connectivity index (χ4v) is 3.74. The van der Waals surface area contributed by atoms with Crippen LogP contribution in [0, 0.1) is 5.82 Å². The fourth-order valence-electron chi connectivity index (χ4n) is 2.77. The molecule has 3 aromatic rings. The highest BCUT2D eigenvalue weighted by Gasteiger charge is 2.19. The highest BCUT2D eigenvalue weighted by Crippen LogP contribution is 2.22. The topological polar surface area (TPSA) is 103 Å². The summed E-state index contributed by atoms with van der Waals surface area (Å²) in [6.45, 7) is -0.488. The molecule has 0 aliphatic heterocycles. The number of halogens is 1. The third-order valence-corrected chi connectivity index (χ3v) is 5.36. The first-order valence-corrected chi connectivity index (χ1v) is 10.1. The van der Waals surface area contributed by atoms with Crippen molar-refractivity contribution in [2.24, 2.45) is 5.73 Å². The standard InChI is InChI=1S/C21H20FN3O4S/c22-14-5-7-15(8-6-14)25(12-11-18(23)26)20(27)13-29-21(28)10-9-19-24-16-3-1-2-4-17(16)30-19/h1-8H,9-13H2,(H2,23,26). The van der Waals surface area contributed by atoms with Gasteiger partial charge in [-0.2, -0.15) is 0 Å². The van der Waals surface area contributed by atoms with Crippen molar-refractivity contribution >= 4 is 45.0 Å². The number of esters is 1. The average Bonchev–Trinajstić information content (AvgIpc) is 3.15. The molecule has 0 radical (unpaired) electrons. The Labute approximate surface area is 176 Å². The van der Waals surface area contributed by atoms with Crippen LogP contribution in [0.1, 0.15) is 17.8 Å². The molecule has 3 rings (SSSR count). The van der Waals surface area contributed by atoms with Crippen LogP contribution in [0.2, 0.25) is 0 Å². The number of aryl methyl sites for hydroxylation is 1. The van der Waals surface area contributed by atoms with E-state index in [0.29, 0.717) is 12.1 Å². The third-order valence-electron chi connectivity index (χ3n) is 4.26. The van der Waals surface area contributed by atoms with Crippen LogP contribution in [0.25, 0.3) is 10.2 Å². The van der Waals surface area contributed by atoms with E-state index in [2.05, 4.69) is 4.98 Å². The van der Waals surface area contributed by atoms with E-state index in [-0.39, 0.29) is 19.4 Å². The number of primary amides is 1. The molecule has 0 saturated carbocycles. The van der Waals surface area contributed by atoms with Crippen LogP contribution in [0.5, 0.6) is 0 Å². The zero-order valence-corrected chi connectivity index (χ0v) is 16.9. The zero-order chi connectivity index (χ0) is 21.5. The van der Waals surface area contributed by atoms with Crippen molar-refractivity contribution < 1.29 is 23.5 Å². The molecule has 0 spiro atoms. The predicted octanol–water partition coefficient (Wildman–Crippen LogP) is 2.82. The van der Waals surface area contributed by atoms with Crippen molar-refractivity contribution in [3.63, 3.8) is 0 Å². The molecular weight excluding hydrogens is 409 g/mol. The largest absolute Gasteiger partial charge is 0.456 e. The highest BCUT2D eigenvalue weighted by atomic mass is 32.1. The van der Waals surface area contributed by atoms with E-state index in [1.54, 1.807) is 0 Å². The first kappa shape index (κ1) is 21.4. The minimum Gasteiger partial charge on any atom is -0.456 e. The summed E-state index contributed by atoms with van der Waals surface area (Å²) in [4.78, 5) is 41.4. The molecule has 1 heterocycles. The minimum atomic E-state index is -0.581.